The van der Waals surface area contributed by atoms with Crippen molar-refractivity contribution in [2.24, 2.45) is 5.92 Å². The maximum absolute atomic E-state index is 12.7. The molecular formula is C19H22N8O2. The van der Waals surface area contributed by atoms with E-state index >= 15 is 0 Å². The van der Waals surface area contributed by atoms with Gasteiger partial charge in [0.1, 0.15) is 12.2 Å². The fourth-order valence-electron chi connectivity index (χ4n) is 3.47. The molecule has 10 nitrogen and oxygen atoms in total. The van der Waals surface area contributed by atoms with Gasteiger partial charge in [0.2, 0.25) is 0 Å². The monoisotopic (exact) mass is 394 g/mol. The molecule has 0 aromatic carbocycles. The fourth-order valence-corrected chi connectivity index (χ4v) is 3.47. The number of fused-ring (bicyclic) bond motifs is 1. The van der Waals surface area contributed by atoms with E-state index in [1.807, 2.05) is 11.6 Å². The number of pyridine rings is 1. The second-order valence-electron chi connectivity index (χ2n) is 7.10. The van der Waals surface area contributed by atoms with Crippen molar-refractivity contribution in [3.63, 3.8) is 0 Å². The minimum absolute atomic E-state index is 0.143. The minimum atomic E-state index is -0.293. The van der Waals surface area contributed by atoms with E-state index in [9.17, 15) is 9.59 Å². The van der Waals surface area contributed by atoms with Crippen LogP contribution in [0.15, 0.2) is 37.1 Å². The lowest BCUT2D eigenvalue weighted by Gasteiger charge is -2.24. The van der Waals surface area contributed by atoms with Crippen LogP contribution in [0.1, 0.15) is 51.6 Å². The lowest BCUT2D eigenvalue weighted by atomic mass is 9.94. The number of nitrogens with one attached hydrogen (secondary N) is 3. The molecule has 3 aromatic rings. The zero-order chi connectivity index (χ0) is 20.2. The average Bonchev–Trinajstić information content (AvgIpc) is 3.42. The van der Waals surface area contributed by atoms with Crippen molar-refractivity contribution < 1.29 is 9.59 Å². The molecule has 1 aliphatic heterocycles. The number of rotatable bonds is 6. The van der Waals surface area contributed by atoms with E-state index in [4.69, 9.17) is 0 Å². The number of aromatic amines is 1. The summed E-state index contributed by atoms with van der Waals surface area (Å²) in [7, 11) is 0. The summed E-state index contributed by atoms with van der Waals surface area (Å²) in [4.78, 5) is 33.0. The summed E-state index contributed by atoms with van der Waals surface area (Å²) in [6.07, 6.45) is 7.75. The summed E-state index contributed by atoms with van der Waals surface area (Å²) >= 11 is 0. The molecule has 0 spiro atoms. The lowest BCUT2D eigenvalue weighted by molar-refractivity contribution is 0.0927. The van der Waals surface area contributed by atoms with Gasteiger partial charge in [-0.2, -0.15) is 10.2 Å². The highest BCUT2D eigenvalue weighted by Crippen LogP contribution is 2.23. The third-order valence-electron chi connectivity index (χ3n) is 5.09. The number of carbonyl (C=O) groups is 2. The highest BCUT2D eigenvalue weighted by atomic mass is 16.2. The van der Waals surface area contributed by atoms with Crippen LogP contribution in [0.3, 0.4) is 0 Å². The largest absolute Gasteiger partial charge is 0.352 e. The molecule has 0 aliphatic carbocycles. The van der Waals surface area contributed by atoms with Gasteiger partial charge in [0, 0.05) is 25.5 Å². The molecule has 3 N–H and O–H groups in total. The molecule has 29 heavy (non-hydrogen) atoms. The second kappa shape index (κ2) is 8.21. The van der Waals surface area contributed by atoms with Gasteiger partial charge in [0.05, 0.1) is 29.1 Å². The van der Waals surface area contributed by atoms with Gasteiger partial charge in [-0.05, 0) is 37.8 Å². The van der Waals surface area contributed by atoms with Crippen molar-refractivity contribution in [3.8, 4) is 0 Å². The third kappa shape index (κ3) is 4.15. The van der Waals surface area contributed by atoms with Crippen molar-refractivity contribution in [3.05, 3.63) is 59.7 Å². The molecule has 0 saturated carbocycles. The van der Waals surface area contributed by atoms with Crippen molar-refractivity contribution in [1.29, 1.82) is 0 Å². The second-order valence-corrected chi connectivity index (χ2v) is 7.10. The lowest BCUT2D eigenvalue weighted by Crippen LogP contribution is -2.34. The zero-order valence-electron chi connectivity index (χ0n) is 16.0. The van der Waals surface area contributed by atoms with Gasteiger partial charge in [-0.1, -0.05) is 0 Å². The summed E-state index contributed by atoms with van der Waals surface area (Å²) < 4.78 is 1.87. The number of nitrogens with zero attached hydrogens (tertiary/aromatic N) is 5. The number of hydrogen-bond donors (Lipinski definition) is 3. The van der Waals surface area contributed by atoms with Gasteiger partial charge in [0.25, 0.3) is 11.8 Å². The Morgan fingerprint density at radius 3 is 3.00 bits per heavy atom. The van der Waals surface area contributed by atoms with E-state index in [0.29, 0.717) is 36.5 Å². The molecule has 3 aromatic heterocycles. The van der Waals surface area contributed by atoms with Gasteiger partial charge in [-0.3, -0.25) is 24.4 Å². The van der Waals surface area contributed by atoms with Crippen LogP contribution >= 0.6 is 0 Å². The van der Waals surface area contributed by atoms with E-state index in [2.05, 4.69) is 35.9 Å². The Bertz CT molecular complexity index is 983. The van der Waals surface area contributed by atoms with Gasteiger partial charge < -0.3 is 10.6 Å². The van der Waals surface area contributed by atoms with E-state index < -0.39 is 0 Å². The standard InChI is InChI=1S/C19H22N8O2/c1-12(17-22-11-23-26-17)25-19(29)15-10-24-27-6-4-13(7-16(15)27)8-21-18(28)14-3-2-5-20-9-14/h2-3,5,9-13H,4,6-8H2,1H3,(H,21,28)(H,25,29)(H,22,23,26)/t12-,13-/m1/s1. The molecule has 0 fully saturated rings. The Hall–Kier alpha value is -3.56. The SMILES string of the molecule is C[C@@H](NC(=O)c1cnn2c1C[C@H](CNC(=O)c1cccnc1)CC2)c1ncn[nH]1. The number of carbonyl (C=O) groups excluding carboxylic acids is 2. The summed E-state index contributed by atoms with van der Waals surface area (Å²) in [5.74, 6) is 0.486. The Kier molecular flexibility index (Phi) is 5.32. The first-order chi connectivity index (χ1) is 14.1. The first-order valence-corrected chi connectivity index (χ1v) is 9.51. The van der Waals surface area contributed by atoms with Crippen LogP contribution in [0, 0.1) is 5.92 Å². The number of amides is 2. The summed E-state index contributed by atoms with van der Waals surface area (Å²) in [5, 5.41) is 16.8. The molecule has 0 bridgehead atoms. The summed E-state index contributed by atoms with van der Waals surface area (Å²) in [6.45, 7) is 3.09. The van der Waals surface area contributed by atoms with Crippen molar-refractivity contribution in [2.45, 2.75) is 32.4 Å². The van der Waals surface area contributed by atoms with Crippen molar-refractivity contribution in [1.82, 2.24) is 40.6 Å². The van der Waals surface area contributed by atoms with Gasteiger partial charge >= 0.3 is 0 Å². The highest BCUT2D eigenvalue weighted by Gasteiger charge is 2.26. The summed E-state index contributed by atoms with van der Waals surface area (Å²) in [5.41, 5.74) is 1.98. The molecule has 0 saturated heterocycles. The van der Waals surface area contributed by atoms with Crippen molar-refractivity contribution >= 4 is 11.8 Å². The molecule has 10 heteroatoms. The normalized spacial score (nSPS) is 16.7. The molecule has 2 amide bonds. The smallest absolute Gasteiger partial charge is 0.255 e. The maximum Gasteiger partial charge on any atom is 0.255 e. The predicted octanol–water partition coefficient (Wildman–Crippen LogP) is 0.880. The Labute approximate surface area is 167 Å². The van der Waals surface area contributed by atoms with Crippen LogP contribution in [0.25, 0.3) is 0 Å². The minimum Gasteiger partial charge on any atom is -0.352 e. The predicted molar refractivity (Wildman–Crippen MR) is 103 cm³/mol. The van der Waals surface area contributed by atoms with Crippen molar-refractivity contribution in [2.75, 3.05) is 6.54 Å². The van der Waals surface area contributed by atoms with Crippen LogP contribution in [-0.4, -0.2) is 48.3 Å². The zero-order valence-corrected chi connectivity index (χ0v) is 16.0. The van der Waals surface area contributed by atoms with Gasteiger partial charge in [-0.25, -0.2) is 4.98 Å². The van der Waals surface area contributed by atoms with E-state index in [1.165, 1.54) is 6.33 Å². The molecule has 4 rings (SSSR count). The Morgan fingerprint density at radius 2 is 2.24 bits per heavy atom. The molecule has 0 radical (unpaired) electrons. The van der Waals surface area contributed by atoms with Crippen LogP contribution < -0.4 is 10.6 Å². The van der Waals surface area contributed by atoms with Crippen LogP contribution in [0.2, 0.25) is 0 Å². The molecular weight excluding hydrogens is 372 g/mol. The maximum atomic E-state index is 12.7. The topological polar surface area (TPSA) is 130 Å². The molecule has 4 heterocycles. The van der Waals surface area contributed by atoms with Crippen LogP contribution in [0.4, 0.5) is 0 Å². The average molecular weight is 394 g/mol. The third-order valence-corrected chi connectivity index (χ3v) is 5.09. The highest BCUT2D eigenvalue weighted by molar-refractivity contribution is 5.95. The van der Waals surface area contributed by atoms with Crippen LogP contribution in [-0.2, 0) is 13.0 Å². The number of H-pyrrole nitrogens is 1. The first-order valence-electron chi connectivity index (χ1n) is 9.51. The Morgan fingerprint density at radius 1 is 1.34 bits per heavy atom. The molecule has 2 atom stereocenters. The number of aromatic nitrogens is 6. The van der Waals surface area contributed by atoms with Gasteiger partial charge in [0.15, 0.2) is 0 Å². The molecule has 150 valence electrons. The Balaban J connectivity index is 1.38. The van der Waals surface area contributed by atoms with Crippen LogP contribution in [0.5, 0.6) is 0 Å². The summed E-state index contributed by atoms with van der Waals surface area (Å²) in [6, 6.07) is 3.17. The number of hydrogen-bond acceptors (Lipinski definition) is 6. The molecule has 1 aliphatic rings. The van der Waals surface area contributed by atoms with E-state index in [-0.39, 0.29) is 23.8 Å². The van der Waals surface area contributed by atoms with E-state index in [1.54, 1.807) is 30.7 Å². The fraction of sp³-hybridized carbons (Fsp3) is 0.368. The quantitative estimate of drug-likeness (QED) is 0.569. The number of aryl methyl sites for hydroxylation is 1. The van der Waals surface area contributed by atoms with Gasteiger partial charge in [-0.15, -0.1) is 0 Å². The first kappa shape index (κ1) is 18.8. The van der Waals surface area contributed by atoms with E-state index in [0.717, 1.165) is 12.1 Å². The molecule has 0 unspecified atom stereocenters.